The Morgan fingerprint density at radius 1 is 0.382 bits per heavy atom. The first-order valence-electron chi connectivity index (χ1n) is 10.7. The van der Waals surface area contributed by atoms with Gasteiger partial charge in [0.1, 0.15) is 0 Å². The molecule has 0 saturated carbocycles. The van der Waals surface area contributed by atoms with Crippen LogP contribution in [0.4, 0.5) is 0 Å². The number of nitrogens with zero attached hydrogens (tertiary/aromatic N) is 2. The topological polar surface area (TPSA) is 230 Å². The molecular weight excluding hydrogens is 460 g/mol. The van der Waals surface area contributed by atoms with Crippen LogP contribution in [0.5, 0.6) is 0 Å². The highest BCUT2D eigenvalue weighted by molar-refractivity contribution is 6.28. The molecule has 6 heterocycles. The van der Waals surface area contributed by atoms with E-state index in [-0.39, 0.29) is 0 Å². The second kappa shape index (κ2) is 16.4. The zero-order valence-corrected chi connectivity index (χ0v) is 18.7. The first-order valence-corrected chi connectivity index (χ1v) is 10.7. The third-order valence-corrected chi connectivity index (χ3v) is 5.67. The van der Waals surface area contributed by atoms with Gasteiger partial charge in [-0.1, -0.05) is 0 Å². The second-order valence-electron chi connectivity index (χ2n) is 7.98. The van der Waals surface area contributed by atoms with E-state index >= 15 is 0 Å². The predicted molar refractivity (Wildman–Crippen MR) is 113 cm³/mol. The van der Waals surface area contributed by atoms with Crippen LogP contribution in [-0.2, 0) is 28.8 Å². The molecule has 6 saturated heterocycles. The molecule has 0 unspecified atom stereocenters. The molecule has 6 fully saturated rings. The number of carbonyl (C=O) groups is 6. The fourth-order valence-electron chi connectivity index (χ4n) is 3.73. The van der Waals surface area contributed by atoms with E-state index in [2.05, 4.69) is 9.80 Å². The predicted octanol–water partition coefficient (Wildman–Crippen LogP) is -0.329. The Labute approximate surface area is 195 Å². The van der Waals surface area contributed by atoms with E-state index in [0.717, 1.165) is 11.8 Å². The van der Waals surface area contributed by atoms with Crippen molar-refractivity contribution < 1.29 is 59.4 Å². The summed E-state index contributed by atoms with van der Waals surface area (Å²) in [6.45, 7) is 8.36. The van der Waals surface area contributed by atoms with Crippen LogP contribution in [0.15, 0.2) is 0 Å². The normalized spacial score (nSPS) is 25.1. The maximum Gasteiger partial charge on any atom is 0.414 e. The van der Waals surface area contributed by atoms with E-state index in [9.17, 15) is 0 Å². The first kappa shape index (κ1) is 30.7. The van der Waals surface area contributed by atoms with Crippen LogP contribution >= 0.6 is 0 Å². The molecule has 0 aliphatic carbocycles. The van der Waals surface area contributed by atoms with Crippen LogP contribution in [0, 0.1) is 11.8 Å². The van der Waals surface area contributed by atoms with Crippen LogP contribution in [0.2, 0.25) is 0 Å². The number of piperidine rings is 6. The largest absolute Gasteiger partial charge is 0.473 e. The number of hydrogen-bond donors (Lipinski definition) is 6. The van der Waals surface area contributed by atoms with Crippen molar-refractivity contribution in [2.45, 2.75) is 38.5 Å². The summed E-state index contributed by atoms with van der Waals surface area (Å²) in [5.41, 5.74) is 0. The Morgan fingerprint density at radius 3 is 0.559 bits per heavy atom. The molecule has 0 atom stereocenters. The van der Waals surface area contributed by atoms with Gasteiger partial charge in [0, 0.05) is 0 Å². The highest BCUT2D eigenvalue weighted by atomic mass is 16.5. The minimum Gasteiger partial charge on any atom is -0.473 e. The zero-order chi connectivity index (χ0) is 26.3. The fraction of sp³-hybridized carbons (Fsp3) is 0.700. The van der Waals surface area contributed by atoms with E-state index in [1.54, 1.807) is 0 Å². The van der Waals surface area contributed by atoms with Crippen LogP contribution in [0.1, 0.15) is 38.5 Å². The summed E-state index contributed by atoms with van der Waals surface area (Å²) in [6.07, 6.45) is 8.92. The highest BCUT2D eigenvalue weighted by Crippen LogP contribution is 2.26. The highest BCUT2D eigenvalue weighted by Gasteiger charge is 2.25. The van der Waals surface area contributed by atoms with Gasteiger partial charge in [-0.2, -0.15) is 0 Å². The Kier molecular flexibility index (Phi) is 14.8. The minimum absolute atomic E-state index is 1.11. The Morgan fingerprint density at radius 2 is 0.529 bits per heavy atom. The van der Waals surface area contributed by atoms with E-state index in [1.165, 1.54) is 77.8 Å². The molecule has 0 spiro atoms. The van der Waals surface area contributed by atoms with Crippen molar-refractivity contribution in [2.24, 2.45) is 11.8 Å². The van der Waals surface area contributed by atoms with E-state index in [0.29, 0.717) is 0 Å². The van der Waals surface area contributed by atoms with Crippen LogP contribution < -0.4 is 0 Å². The first-order chi connectivity index (χ1) is 15.8. The van der Waals surface area contributed by atoms with Gasteiger partial charge < -0.3 is 40.4 Å². The molecule has 6 rings (SSSR count). The lowest BCUT2D eigenvalue weighted by atomic mass is 9.89. The smallest absolute Gasteiger partial charge is 0.414 e. The third kappa shape index (κ3) is 14.7. The van der Waals surface area contributed by atoms with E-state index in [4.69, 9.17) is 59.4 Å². The van der Waals surface area contributed by atoms with Crippen molar-refractivity contribution in [1.29, 1.82) is 0 Å². The lowest BCUT2D eigenvalue weighted by molar-refractivity contribution is -0.159. The summed E-state index contributed by atoms with van der Waals surface area (Å²) in [6, 6.07) is 0. The SMILES string of the molecule is C1CN2CCC1CC2.C1CN2CCC1CC2.O=C(O)C(=O)O.O=C(O)C(=O)O.O=C(O)C(=O)O. The van der Waals surface area contributed by atoms with Gasteiger partial charge in [-0.25, -0.2) is 28.8 Å². The molecule has 0 amide bonds. The Hall–Kier alpha value is -3.26. The molecule has 0 aromatic rings. The summed E-state index contributed by atoms with van der Waals surface area (Å²) in [4.78, 5) is 59.8. The van der Waals surface area contributed by atoms with E-state index < -0.39 is 35.8 Å². The summed E-state index contributed by atoms with van der Waals surface area (Å²) < 4.78 is 0. The van der Waals surface area contributed by atoms with Gasteiger partial charge in [-0.05, 0) is 89.6 Å². The average molecular weight is 492 g/mol. The monoisotopic (exact) mass is 492 g/mol. The molecule has 14 nitrogen and oxygen atoms in total. The number of carboxylic acids is 6. The molecule has 6 aliphatic rings. The summed E-state index contributed by atoms with van der Waals surface area (Å²) in [7, 11) is 0. The van der Waals surface area contributed by atoms with Gasteiger partial charge in [-0.3, -0.25) is 0 Å². The molecule has 0 radical (unpaired) electrons. The molecule has 0 aromatic heterocycles. The Balaban J connectivity index is 0.000000405. The van der Waals surface area contributed by atoms with Crippen molar-refractivity contribution in [3.05, 3.63) is 0 Å². The molecule has 0 aromatic carbocycles. The quantitative estimate of drug-likeness (QED) is 0.238. The Bertz CT molecular complexity index is 547. The van der Waals surface area contributed by atoms with Crippen LogP contribution in [0.3, 0.4) is 0 Å². The molecule has 194 valence electrons. The molecule has 14 heteroatoms. The number of hydrogen-bond acceptors (Lipinski definition) is 8. The van der Waals surface area contributed by atoms with Crippen molar-refractivity contribution in [3.8, 4) is 0 Å². The third-order valence-electron chi connectivity index (χ3n) is 5.67. The number of carboxylic acid groups (broad SMARTS) is 6. The maximum atomic E-state index is 9.10. The lowest BCUT2D eigenvalue weighted by Gasteiger charge is -2.38. The van der Waals surface area contributed by atoms with Crippen molar-refractivity contribution in [2.75, 3.05) is 39.3 Å². The maximum absolute atomic E-state index is 9.10. The summed E-state index contributed by atoms with van der Waals surface area (Å²) >= 11 is 0. The van der Waals surface area contributed by atoms with Crippen LogP contribution in [-0.4, -0.2) is 116 Å². The van der Waals surface area contributed by atoms with E-state index in [1.807, 2.05) is 0 Å². The second-order valence-corrected chi connectivity index (χ2v) is 7.98. The minimum atomic E-state index is -1.82. The molecule has 6 N–H and O–H groups in total. The molecule has 4 bridgehead atoms. The molecule has 6 aliphatic heterocycles. The fourth-order valence-corrected chi connectivity index (χ4v) is 3.73. The molecule has 34 heavy (non-hydrogen) atoms. The summed E-state index contributed by atoms with van der Waals surface area (Å²) in [5.74, 6) is -8.72. The van der Waals surface area contributed by atoms with Gasteiger partial charge in [0.25, 0.3) is 0 Å². The van der Waals surface area contributed by atoms with Gasteiger partial charge in [0.2, 0.25) is 0 Å². The standard InChI is InChI=1S/2C7H13N.3C2H2O4/c2*1-4-8-5-2-7(1)3-6-8;3*3-1(4)2(5)6/h2*7H,1-6H2;3*(H,3,4)(H,5,6). The van der Waals surface area contributed by atoms with Crippen molar-refractivity contribution in [1.82, 2.24) is 9.80 Å². The summed E-state index contributed by atoms with van der Waals surface area (Å²) in [5, 5.41) is 44.3. The van der Waals surface area contributed by atoms with Gasteiger partial charge >= 0.3 is 35.8 Å². The van der Waals surface area contributed by atoms with Crippen molar-refractivity contribution in [3.63, 3.8) is 0 Å². The van der Waals surface area contributed by atoms with Gasteiger partial charge in [0.05, 0.1) is 0 Å². The average Bonchev–Trinajstić information content (AvgIpc) is 2.83. The van der Waals surface area contributed by atoms with Crippen molar-refractivity contribution >= 4 is 35.8 Å². The number of aliphatic carboxylic acids is 6. The van der Waals surface area contributed by atoms with Crippen LogP contribution in [0.25, 0.3) is 0 Å². The molecular formula is C20H32N2O12. The number of rotatable bonds is 0. The number of fused-ring (bicyclic) bond motifs is 6. The zero-order valence-electron chi connectivity index (χ0n) is 18.7. The lowest BCUT2D eigenvalue weighted by Crippen LogP contribution is -2.41. The van der Waals surface area contributed by atoms with Gasteiger partial charge in [-0.15, -0.1) is 0 Å². The van der Waals surface area contributed by atoms with Gasteiger partial charge in [0.15, 0.2) is 0 Å².